The third-order valence-electron chi connectivity index (χ3n) is 2.36. The maximum Gasteiger partial charge on any atom is 0.243 e. The Morgan fingerprint density at radius 2 is 2.39 bits per heavy atom. The maximum atomic E-state index is 6.01. The number of rotatable bonds is 5. The zero-order chi connectivity index (χ0) is 13.0. The molecule has 0 bridgehead atoms. The van der Waals surface area contributed by atoms with E-state index in [1.165, 1.54) is 0 Å². The van der Waals surface area contributed by atoms with E-state index in [4.69, 9.17) is 21.9 Å². The molecule has 0 aliphatic rings. The summed E-state index contributed by atoms with van der Waals surface area (Å²) >= 11 is 7.74. The molecule has 2 heterocycles. The molecular formula is C11H13ClN4OS. The molecular weight excluding hydrogens is 272 g/mol. The molecule has 2 aromatic rings. The number of aromatic nitrogens is 3. The molecule has 2 rings (SSSR count). The van der Waals surface area contributed by atoms with Gasteiger partial charge < -0.3 is 10.3 Å². The second-order valence-corrected chi connectivity index (χ2v) is 5.07. The molecule has 0 aliphatic carbocycles. The van der Waals surface area contributed by atoms with Gasteiger partial charge in [-0.05, 0) is 30.6 Å². The van der Waals surface area contributed by atoms with Gasteiger partial charge in [-0.25, -0.2) is 0 Å². The summed E-state index contributed by atoms with van der Waals surface area (Å²) in [5.74, 6) is 1.74. The van der Waals surface area contributed by atoms with Crippen molar-refractivity contribution in [1.29, 1.82) is 0 Å². The molecule has 0 spiro atoms. The van der Waals surface area contributed by atoms with Gasteiger partial charge in [0.2, 0.25) is 11.7 Å². The summed E-state index contributed by atoms with van der Waals surface area (Å²) in [6.45, 7) is 0. The summed E-state index contributed by atoms with van der Waals surface area (Å²) in [5.41, 5.74) is 6.45. The van der Waals surface area contributed by atoms with E-state index in [2.05, 4.69) is 15.1 Å². The number of nitrogens with two attached hydrogens (primary N) is 1. The van der Waals surface area contributed by atoms with Crippen molar-refractivity contribution in [2.24, 2.45) is 5.73 Å². The Morgan fingerprint density at radius 1 is 1.56 bits per heavy atom. The van der Waals surface area contributed by atoms with Gasteiger partial charge in [-0.1, -0.05) is 16.8 Å². The second kappa shape index (κ2) is 6.17. The quantitative estimate of drug-likeness (QED) is 0.909. The van der Waals surface area contributed by atoms with E-state index in [1.807, 2.05) is 6.26 Å². The topological polar surface area (TPSA) is 77.8 Å². The third-order valence-corrected chi connectivity index (χ3v) is 3.31. The van der Waals surface area contributed by atoms with Crippen molar-refractivity contribution < 1.29 is 4.52 Å². The van der Waals surface area contributed by atoms with Gasteiger partial charge in [-0.15, -0.1) is 0 Å². The lowest BCUT2D eigenvalue weighted by Crippen LogP contribution is -2.11. The summed E-state index contributed by atoms with van der Waals surface area (Å²) in [5, 5.41) is 4.35. The largest absolute Gasteiger partial charge is 0.337 e. The minimum absolute atomic E-state index is 0.249. The van der Waals surface area contributed by atoms with Crippen molar-refractivity contribution in [3.05, 3.63) is 29.2 Å². The van der Waals surface area contributed by atoms with Crippen LogP contribution in [0.1, 0.15) is 18.4 Å². The van der Waals surface area contributed by atoms with Crippen LogP contribution in [0.25, 0.3) is 11.5 Å². The van der Waals surface area contributed by atoms with Crippen molar-refractivity contribution in [3.8, 4) is 11.5 Å². The molecule has 2 aromatic heterocycles. The fraction of sp³-hybridized carbons (Fsp3) is 0.364. The van der Waals surface area contributed by atoms with Crippen LogP contribution in [0.4, 0.5) is 0 Å². The van der Waals surface area contributed by atoms with Gasteiger partial charge in [0.25, 0.3) is 0 Å². The minimum Gasteiger partial charge on any atom is -0.337 e. The average Bonchev–Trinajstić information content (AvgIpc) is 2.86. The number of halogens is 1. The van der Waals surface area contributed by atoms with E-state index in [0.29, 0.717) is 22.4 Å². The predicted molar refractivity (Wildman–Crippen MR) is 72.5 cm³/mol. The van der Waals surface area contributed by atoms with E-state index >= 15 is 0 Å². The minimum atomic E-state index is -0.249. The monoisotopic (exact) mass is 284 g/mol. The molecule has 1 atom stereocenters. The van der Waals surface area contributed by atoms with Crippen LogP contribution in [0.2, 0.25) is 5.02 Å². The Morgan fingerprint density at radius 3 is 3.11 bits per heavy atom. The van der Waals surface area contributed by atoms with Crippen LogP contribution < -0.4 is 5.73 Å². The van der Waals surface area contributed by atoms with E-state index in [-0.39, 0.29) is 6.04 Å². The SMILES string of the molecule is CSCCC(N)c1nc(-c2ncccc2Cl)no1. The highest BCUT2D eigenvalue weighted by Gasteiger charge is 2.17. The molecule has 7 heteroatoms. The fourth-order valence-corrected chi connectivity index (χ4v) is 2.10. The predicted octanol–water partition coefficient (Wildman–Crippen LogP) is 2.54. The molecule has 0 saturated carbocycles. The van der Waals surface area contributed by atoms with Crippen LogP contribution in [0.3, 0.4) is 0 Å². The Balaban J connectivity index is 2.18. The van der Waals surface area contributed by atoms with Gasteiger partial charge in [0.1, 0.15) is 5.69 Å². The van der Waals surface area contributed by atoms with Crippen molar-refractivity contribution in [3.63, 3.8) is 0 Å². The third kappa shape index (κ3) is 3.01. The highest BCUT2D eigenvalue weighted by molar-refractivity contribution is 7.98. The van der Waals surface area contributed by atoms with E-state index in [0.717, 1.165) is 12.2 Å². The summed E-state index contributed by atoms with van der Waals surface area (Å²) in [7, 11) is 0. The number of hydrogen-bond donors (Lipinski definition) is 1. The van der Waals surface area contributed by atoms with Gasteiger partial charge in [-0.3, -0.25) is 4.98 Å². The van der Waals surface area contributed by atoms with Gasteiger partial charge in [0, 0.05) is 6.20 Å². The highest BCUT2D eigenvalue weighted by Crippen LogP contribution is 2.24. The lowest BCUT2D eigenvalue weighted by Gasteiger charge is -2.03. The Labute approximate surface area is 114 Å². The zero-order valence-corrected chi connectivity index (χ0v) is 11.4. The standard InChI is InChI=1S/C11H13ClN4OS/c1-18-6-4-8(13)11-15-10(16-17-11)9-7(12)3-2-5-14-9/h2-3,5,8H,4,6,13H2,1H3. The summed E-state index contributed by atoms with van der Waals surface area (Å²) in [6, 6.07) is 3.23. The van der Waals surface area contributed by atoms with E-state index in [9.17, 15) is 0 Å². The summed E-state index contributed by atoms with van der Waals surface area (Å²) < 4.78 is 5.14. The smallest absolute Gasteiger partial charge is 0.243 e. The molecule has 96 valence electrons. The highest BCUT2D eigenvalue weighted by atomic mass is 35.5. The number of nitrogens with zero attached hydrogens (tertiary/aromatic N) is 3. The van der Waals surface area contributed by atoms with Crippen molar-refractivity contribution >= 4 is 23.4 Å². The summed E-state index contributed by atoms with van der Waals surface area (Å²) in [6.07, 6.45) is 4.45. The Kier molecular flexibility index (Phi) is 4.57. The van der Waals surface area contributed by atoms with Crippen molar-refractivity contribution in [1.82, 2.24) is 15.1 Å². The number of hydrogen-bond acceptors (Lipinski definition) is 6. The van der Waals surface area contributed by atoms with Gasteiger partial charge >= 0.3 is 0 Å². The molecule has 0 saturated heterocycles. The van der Waals surface area contributed by atoms with Gasteiger partial charge in [0.15, 0.2) is 0 Å². The van der Waals surface area contributed by atoms with E-state index < -0.39 is 0 Å². The van der Waals surface area contributed by atoms with Crippen LogP contribution in [-0.2, 0) is 0 Å². The van der Waals surface area contributed by atoms with Crippen LogP contribution in [0.5, 0.6) is 0 Å². The van der Waals surface area contributed by atoms with E-state index in [1.54, 1.807) is 30.1 Å². The first kappa shape index (κ1) is 13.3. The first-order chi connectivity index (χ1) is 8.72. The molecule has 1 unspecified atom stereocenters. The maximum absolute atomic E-state index is 6.01. The van der Waals surface area contributed by atoms with Crippen LogP contribution in [0, 0.1) is 0 Å². The van der Waals surface area contributed by atoms with Crippen molar-refractivity contribution in [2.75, 3.05) is 12.0 Å². The number of thioether (sulfide) groups is 1. The molecule has 0 fully saturated rings. The fourth-order valence-electron chi connectivity index (χ4n) is 1.40. The first-order valence-corrected chi connectivity index (χ1v) is 7.18. The molecule has 2 N–H and O–H groups in total. The Bertz CT molecular complexity index is 519. The first-order valence-electron chi connectivity index (χ1n) is 5.41. The average molecular weight is 285 g/mol. The molecule has 0 radical (unpaired) electrons. The lowest BCUT2D eigenvalue weighted by molar-refractivity contribution is 0.353. The Hall–Kier alpha value is -1.11. The zero-order valence-electron chi connectivity index (χ0n) is 9.84. The number of pyridine rings is 1. The molecule has 5 nitrogen and oxygen atoms in total. The second-order valence-electron chi connectivity index (χ2n) is 3.68. The normalized spacial score (nSPS) is 12.6. The molecule has 0 aromatic carbocycles. The molecule has 18 heavy (non-hydrogen) atoms. The lowest BCUT2D eigenvalue weighted by atomic mass is 10.2. The van der Waals surface area contributed by atoms with Gasteiger partial charge in [0.05, 0.1) is 11.1 Å². The van der Waals surface area contributed by atoms with Crippen molar-refractivity contribution in [2.45, 2.75) is 12.5 Å². The van der Waals surface area contributed by atoms with Crippen LogP contribution in [-0.4, -0.2) is 27.1 Å². The molecule has 0 amide bonds. The van der Waals surface area contributed by atoms with Crippen LogP contribution in [0.15, 0.2) is 22.9 Å². The van der Waals surface area contributed by atoms with Crippen LogP contribution >= 0.6 is 23.4 Å². The van der Waals surface area contributed by atoms with Gasteiger partial charge in [-0.2, -0.15) is 16.7 Å². The summed E-state index contributed by atoms with van der Waals surface area (Å²) in [4.78, 5) is 8.36. The molecule has 0 aliphatic heterocycles.